The highest BCUT2D eigenvalue weighted by molar-refractivity contribution is 4.83. The normalized spacial score (nSPS) is 34.1. The Morgan fingerprint density at radius 2 is 2.38 bits per heavy atom. The summed E-state index contributed by atoms with van der Waals surface area (Å²) in [6, 6.07) is 0.695. The number of hydrogen-bond acceptors (Lipinski definition) is 3. The molecule has 2 fully saturated rings. The highest BCUT2D eigenvalue weighted by atomic mass is 16.5. The van der Waals surface area contributed by atoms with Gasteiger partial charge in [-0.15, -0.1) is 0 Å². The van der Waals surface area contributed by atoms with Gasteiger partial charge in [-0.05, 0) is 18.3 Å². The third-order valence-electron chi connectivity index (χ3n) is 4.16. The van der Waals surface area contributed by atoms with E-state index in [4.69, 9.17) is 4.74 Å². The summed E-state index contributed by atoms with van der Waals surface area (Å²) in [6.07, 6.45) is 2.54. The molecule has 0 aromatic heterocycles. The predicted molar refractivity (Wildman–Crippen MR) is 66.6 cm³/mol. The molecule has 2 aliphatic heterocycles. The summed E-state index contributed by atoms with van der Waals surface area (Å²) >= 11 is 0. The van der Waals surface area contributed by atoms with Crippen LogP contribution >= 0.6 is 0 Å². The van der Waals surface area contributed by atoms with Crippen molar-refractivity contribution in [2.24, 2.45) is 11.8 Å². The topological polar surface area (TPSA) is 24.5 Å². The number of nitrogens with one attached hydrogen (secondary N) is 1. The molecular weight excluding hydrogens is 200 g/mol. The van der Waals surface area contributed by atoms with Crippen molar-refractivity contribution in [3.05, 3.63) is 0 Å². The Bertz CT molecular complexity index is 204. The maximum atomic E-state index is 5.45. The van der Waals surface area contributed by atoms with E-state index < -0.39 is 0 Å². The first kappa shape index (κ1) is 12.3. The molecule has 16 heavy (non-hydrogen) atoms. The Balaban J connectivity index is 1.77. The molecule has 0 amide bonds. The van der Waals surface area contributed by atoms with Gasteiger partial charge in [0.2, 0.25) is 0 Å². The average Bonchev–Trinajstić information content (AvgIpc) is 2.81. The van der Waals surface area contributed by atoms with E-state index in [1.807, 2.05) is 0 Å². The van der Waals surface area contributed by atoms with Crippen LogP contribution in [-0.2, 0) is 4.74 Å². The lowest BCUT2D eigenvalue weighted by molar-refractivity contribution is 0.133. The van der Waals surface area contributed by atoms with Crippen molar-refractivity contribution in [1.29, 1.82) is 0 Å². The number of rotatable bonds is 4. The van der Waals surface area contributed by atoms with Gasteiger partial charge in [-0.25, -0.2) is 0 Å². The standard InChI is InChI=1S/C13H26N2O/c1-3-11(2)13-9-15(6-5-14-13)8-12-4-7-16-10-12/h11-14H,3-10H2,1-2H3. The monoisotopic (exact) mass is 226 g/mol. The van der Waals surface area contributed by atoms with Crippen LogP contribution in [0.3, 0.4) is 0 Å². The molecule has 0 aliphatic carbocycles. The van der Waals surface area contributed by atoms with Crippen molar-refractivity contribution in [3.8, 4) is 0 Å². The molecule has 3 nitrogen and oxygen atoms in total. The minimum absolute atomic E-state index is 0.695. The SMILES string of the molecule is CCC(C)C1CN(CC2CCOC2)CCN1. The quantitative estimate of drug-likeness (QED) is 0.783. The molecule has 3 heteroatoms. The largest absolute Gasteiger partial charge is 0.381 e. The van der Waals surface area contributed by atoms with Gasteiger partial charge in [-0.2, -0.15) is 0 Å². The number of ether oxygens (including phenoxy) is 1. The smallest absolute Gasteiger partial charge is 0.0507 e. The number of nitrogens with zero attached hydrogens (tertiary/aromatic N) is 1. The second kappa shape index (κ2) is 5.99. The Kier molecular flexibility index (Phi) is 4.62. The first-order valence-corrected chi connectivity index (χ1v) is 6.83. The summed E-state index contributed by atoms with van der Waals surface area (Å²) < 4.78 is 5.45. The van der Waals surface area contributed by atoms with Crippen LogP contribution in [0.15, 0.2) is 0 Å². The third-order valence-corrected chi connectivity index (χ3v) is 4.16. The van der Waals surface area contributed by atoms with Crippen molar-refractivity contribution in [2.45, 2.75) is 32.7 Å². The molecule has 2 saturated heterocycles. The van der Waals surface area contributed by atoms with Crippen LogP contribution in [0.4, 0.5) is 0 Å². The van der Waals surface area contributed by atoms with Crippen molar-refractivity contribution in [2.75, 3.05) is 39.4 Å². The molecule has 1 N–H and O–H groups in total. The molecule has 0 aromatic carbocycles. The molecule has 0 radical (unpaired) electrons. The van der Waals surface area contributed by atoms with Gasteiger partial charge in [0.15, 0.2) is 0 Å². The number of piperazine rings is 1. The Morgan fingerprint density at radius 1 is 1.50 bits per heavy atom. The van der Waals surface area contributed by atoms with E-state index in [2.05, 4.69) is 24.1 Å². The molecule has 0 aromatic rings. The summed E-state index contributed by atoms with van der Waals surface area (Å²) in [4.78, 5) is 2.63. The summed E-state index contributed by atoms with van der Waals surface area (Å²) in [5, 5.41) is 3.65. The van der Waals surface area contributed by atoms with Crippen LogP contribution in [0.25, 0.3) is 0 Å². The van der Waals surface area contributed by atoms with Crippen molar-refractivity contribution in [3.63, 3.8) is 0 Å². The zero-order valence-electron chi connectivity index (χ0n) is 10.7. The molecule has 2 aliphatic rings. The van der Waals surface area contributed by atoms with Crippen LogP contribution in [0.2, 0.25) is 0 Å². The Hall–Kier alpha value is -0.120. The second-order valence-electron chi connectivity index (χ2n) is 5.44. The molecule has 3 unspecified atom stereocenters. The summed E-state index contributed by atoms with van der Waals surface area (Å²) in [5.74, 6) is 1.58. The van der Waals surface area contributed by atoms with Crippen LogP contribution in [0.1, 0.15) is 26.7 Å². The molecule has 0 bridgehead atoms. The lowest BCUT2D eigenvalue weighted by Gasteiger charge is -2.37. The van der Waals surface area contributed by atoms with Gasteiger partial charge < -0.3 is 15.0 Å². The van der Waals surface area contributed by atoms with Crippen LogP contribution in [0.5, 0.6) is 0 Å². The van der Waals surface area contributed by atoms with Gasteiger partial charge >= 0.3 is 0 Å². The maximum Gasteiger partial charge on any atom is 0.0507 e. The number of hydrogen-bond donors (Lipinski definition) is 1. The van der Waals surface area contributed by atoms with Gasteiger partial charge in [-0.3, -0.25) is 0 Å². The summed E-state index contributed by atoms with van der Waals surface area (Å²) in [6.45, 7) is 11.4. The van der Waals surface area contributed by atoms with Gasteiger partial charge in [0.05, 0.1) is 6.61 Å². The van der Waals surface area contributed by atoms with Crippen LogP contribution in [0, 0.1) is 11.8 Å². The van der Waals surface area contributed by atoms with Gasteiger partial charge in [-0.1, -0.05) is 20.3 Å². The fraction of sp³-hybridized carbons (Fsp3) is 1.00. The van der Waals surface area contributed by atoms with E-state index in [9.17, 15) is 0 Å². The second-order valence-corrected chi connectivity index (χ2v) is 5.44. The van der Waals surface area contributed by atoms with Gasteiger partial charge in [0.1, 0.15) is 0 Å². The van der Waals surface area contributed by atoms with E-state index in [1.165, 1.54) is 32.5 Å². The minimum atomic E-state index is 0.695. The molecule has 94 valence electrons. The summed E-state index contributed by atoms with van der Waals surface area (Å²) in [5.41, 5.74) is 0. The van der Waals surface area contributed by atoms with Crippen molar-refractivity contribution in [1.82, 2.24) is 10.2 Å². The first-order chi connectivity index (χ1) is 7.79. The Morgan fingerprint density at radius 3 is 3.06 bits per heavy atom. The fourth-order valence-electron chi connectivity index (χ4n) is 2.77. The van der Waals surface area contributed by atoms with E-state index in [0.717, 1.165) is 31.6 Å². The zero-order valence-corrected chi connectivity index (χ0v) is 10.7. The molecule has 0 spiro atoms. The van der Waals surface area contributed by atoms with Crippen LogP contribution in [-0.4, -0.2) is 50.3 Å². The van der Waals surface area contributed by atoms with E-state index in [0.29, 0.717) is 6.04 Å². The van der Waals surface area contributed by atoms with E-state index in [1.54, 1.807) is 0 Å². The van der Waals surface area contributed by atoms with Gasteiger partial charge in [0.25, 0.3) is 0 Å². The lowest BCUT2D eigenvalue weighted by atomic mass is 9.96. The maximum absolute atomic E-state index is 5.45. The fourth-order valence-corrected chi connectivity index (χ4v) is 2.77. The average molecular weight is 226 g/mol. The lowest BCUT2D eigenvalue weighted by Crippen LogP contribution is -2.54. The molecule has 2 rings (SSSR count). The zero-order chi connectivity index (χ0) is 11.4. The first-order valence-electron chi connectivity index (χ1n) is 6.83. The minimum Gasteiger partial charge on any atom is -0.381 e. The summed E-state index contributed by atoms with van der Waals surface area (Å²) in [7, 11) is 0. The van der Waals surface area contributed by atoms with Gasteiger partial charge in [0, 0.05) is 38.8 Å². The highest BCUT2D eigenvalue weighted by Crippen LogP contribution is 2.17. The van der Waals surface area contributed by atoms with E-state index >= 15 is 0 Å². The van der Waals surface area contributed by atoms with Crippen molar-refractivity contribution < 1.29 is 4.74 Å². The molecule has 0 saturated carbocycles. The highest BCUT2D eigenvalue weighted by Gasteiger charge is 2.26. The van der Waals surface area contributed by atoms with Crippen LogP contribution < -0.4 is 5.32 Å². The van der Waals surface area contributed by atoms with E-state index in [-0.39, 0.29) is 0 Å². The molecular formula is C13H26N2O. The third kappa shape index (κ3) is 3.19. The molecule has 2 heterocycles. The predicted octanol–water partition coefficient (Wildman–Crippen LogP) is 1.34. The Labute approximate surface area is 99.5 Å². The molecule has 3 atom stereocenters. The van der Waals surface area contributed by atoms with Crippen molar-refractivity contribution >= 4 is 0 Å².